The molecule has 3 aromatic carbocycles. The molecule has 0 spiro atoms. The van der Waals surface area contributed by atoms with E-state index < -0.39 is 11.7 Å². The van der Waals surface area contributed by atoms with Gasteiger partial charge in [0.2, 0.25) is 5.91 Å². The van der Waals surface area contributed by atoms with E-state index in [0.29, 0.717) is 31.7 Å². The first-order valence-electron chi connectivity index (χ1n) is 11.7. The Bertz CT molecular complexity index is 1150. The minimum absolute atomic E-state index is 0.0830. The monoisotopic (exact) mass is 480 g/mol. The first-order chi connectivity index (χ1) is 16.8. The van der Waals surface area contributed by atoms with E-state index in [1.54, 1.807) is 23.1 Å². The smallest absolute Gasteiger partial charge is 0.340 e. The number of amides is 1. The van der Waals surface area contributed by atoms with Gasteiger partial charge in [0.05, 0.1) is 5.56 Å². The summed E-state index contributed by atoms with van der Waals surface area (Å²) in [7, 11) is 0. The van der Waals surface area contributed by atoms with Crippen molar-refractivity contribution in [3.8, 4) is 11.1 Å². The third kappa shape index (κ3) is 6.36. The number of hydrogen-bond acceptors (Lipinski definition) is 3. The van der Waals surface area contributed by atoms with E-state index in [2.05, 4.69) is 0 Å². The van der Waals surface area contributed by atoms with Gasteiger partial charge in [-0.3, -0.25) is 14.5 Å². The maximum Gasteiger partial charge on any atom is 0.416 e. The number of carbonyl (C=O) groups is 2. The quantitative estimate of drug-likeness (QED) is 0.409. The van der Waals surface area contributed by atoms with Gasteiger partial charge in [0.15, 0.2) is 5.78 Å². The molecule has 1 aliphatic rings. The van der Waals surface area contributed by atoms with Crippen LogP contribution in [0.15, 0.2) is 78.9 Å². The number of piperazine rings is 1. The van der Waals surface area contributed by atoms with Gasteiger partial charge in [-0.15, -0.1) is 0 Å². The third-order valence-electron chi connectivity index (χ3n) is 6.32. The minimum atomic E-state index is -4.39. The molecule has 0 aromatic heterocycles. The molecule has 0 atom stereocenters. The van der Waals surface area contributed by atoms with Crippen LogP contribution in [0, 0.1) is 0 Å². The molecule has 0 aliphatic carbocycles. The molecule has 1 amide bonds. The van der Waals surface area contributed by atoms with Gasteiger partial charge in [0.1, 0.15) is 0 Å². The average Bonchev–Trinajstić information content (AvgIpc) is 2.88. The average molecular weight is 481 g/mol. The van der Waals surface area contributed by atoms with Crippen LogP contribution >= 0.6 is 0 Å². The highest BCUT2D eigenvalue weighted by atomic mass is 19.4. The van der Waals surface area contributed by atoms with Crippen LogP contribution in [0.4, 0.5) is 13.2 Å². The lowest BCUT2D eigenvalue weighted by molar-refractivity contribution is -0.138. The highest BCUT2D eigenvalue weighted by molar-refractivity contribution is 5.98. The lowest BCUT2D eigenvalue weighted by atomic mass is 10.0. The normalized spacial score (nSPS) is 14.7. The molecule has 0 radical (unpaired) electrons. The zero-order chi connectivity index (χ0) is 24.8. The maximum absolute atomic E-state index is 13.2. The second-order valence-electron chi connectivity index (χ2n) is 8.68. The SMILES string of the molecule is O=C(CCC(=O)N1CCN(Cc2ccccc2C(F)(F)F)CC1)c1ccc(-c2ccccc2)cc1. The molecule has 182 valence electrons. The van der Waals surface area contributed by atoms with Gasteiger partial charge < -0.3 is 4.90 Å². The predicted octanol–water partition coefficient (Wildman–Crippen LogP) is 5.68. The summed E-state index contributed by atoms with van der Waals surface area (Å²) >= 11 is 0. The number of rotatable bonds is 7. The summed E-state index contributed by atoms with van der Waals surface area (Å²) < 4.78 is 39.7. The minimum Gasteiger partial charge on any atom is -0.340 e. The van der Waals surface area contributed by atoms with E-state index in [9.17, 15) is 22.8 Å². The van der Waals surface area contributed by atoms with Crippen LogP contribution in [-0.2, 0) is 17.5 Å². The summed E-state index contributed by atoms with van der Waals surface area (Å²) in [6.07, 6.45) is -4.14. The Morgan fingerprint density at radius 1 is 0.714 bits per heavy atom. The van der Waals surface area contributed by atoms with Crippen molar-refractivity contribution in [3.05, 3.63) is 95.6 Å². The van der Waals surface area contributed by atoms with E-state index in [0.717, 1.165) is 17.2 Å². The van der Waals surface area contributed by atoms with Crippen LogP contribution in [-0.4, -0.2) is 47.7 Å². The molecular formula is C28H27F3N2O2. The molecule has 0 saturated carbocycles. The summed E-state index contributed by atoms with van der Waals surface area (Å²) in [5.74, 6) is -0.185. The van der Waals surface area contributed by atoms with E-state index in [4.69, 9.17) is 0 Å². The van der Waals surface area contributed by atoms with Crippen molar-refractivity contribution in [3.63, 3.8) is 0 Å². The molecule has 0 unspecified atom stereocenters. The Morgan fingerprint density at radius 2 is 1.31 bits per heavy atom. The van der Waals surface area contributed by atoms with Crippen LogP contribution in [0.25, 0.3) is 11.1 Å². The molecule has 0 N–H and O–H groups in total. The molecule has 7 heteroatoms. The number of benzene rings is 3. The fraction of sp³-hybridized carbons (Fsp3) is 0.286. The molecular weight excluding hydrogens is 453 g/mol. The molecule has 1 fully saturated rings. The molecule has 3 aromatic rings. The zero-order valence-corrected chi connectivity index (χ0v) is 19.3. The Balaban J connectivity index is 1.25. The largest absolute Gasteiger partial charge is 0.416 e. The lowest BCUT2D eigenvalue weighted by Crippen LogP contribution is -2.48. The summed E-state index contributed by atoms with van der Waals surface area (Å²) in [6, 6.07) is 22.8. The summed E-state index contributed by atoms with van der Waals surface area (Å²) in [6.45, 7) is 2.05. The van der Waals surface area contributed by atoms with Crippen molar-refractivity contribution >= 4 is 11.7 Å². The topological polar surface area (TPSA) is 40.6 Å². The molecule has 1 saturated heterocycles. The third-order valence-corrected chi connectivity index (χ3v) is 6.32. The van der Waals surface area contributed by atoms with E-state index in [-0.39, 0.29) is 36.6 Å². The van der Waals surface area contributed by atoms with Crippen molar-refractivity contribution in [1.29, 1.82) is 0 Å². The van der Waals surface area contributed by atoms with Gasteiger partial charge in [0, 0.05) is 51.1 Å². The molecule has 35 heavy (non-hydrogen) atoms. The highest BCUT2D eigenvalue weighted by Gasteiger charge is 2.33. The lowest BCUT2D eigenvalue weighted by Gasteiger charge is -2.35. The number of halogens is 3. The number of ketones is 1. The second kappa shape index (κ2) is 10.9. The highest BCUT2D eigenvalue weighted by Crippen LogP contribution is 2.32. The standard InChI is InChI=1S/C28H27F3N2O2/c29-28(30,31)25-9-5-4-8-24(25)20-32-16-18-33(19-17-32)27(35)15-14-26(34)23-12-10-22(11-13-23)21-6-2-1-3-7-21/h1-13H,14-20H2. The van der Waals surface area contributed by atoms with E-state index in [1.807, 2.05) is 47.4 Å². The van der Waals surface area contributed by atoms with Crippen LogP contribution in [0.2, 0.25) is 0 Å². The first-order valence-corrected chi connectivity index (χ1v) is 11.7. The number of Topliss-reactive ketones (excluding diaryl/α,β-unsaturated/α-hetero) is 1. The van der Waals surface area contributed by atoms with E-state index in [1.165, 1.54) is 12.1 Å². The van der Waals surface area contributed by atoms with Crippen LogP contribution < -0.4 is 0 Å². The zero-order valence-electron chi connectivity index (χ0n) is 19.3. The van der Waals surface area contributed by atoms with Gasteiger partial charge in [-0.05, 0) is 22.8 Å². The van der Waals surface area contributed by atoms with E-state index >= 15 is 0 Å². The van der Waals surface area contributed by atoms with Gasteiger partial charge in [-0.25, -0.2) is 0 Å². The maximum atomic E-state index is 13.2. The number of nitrogens with zero attached hydrogens (tertiary/aromatic N) is 2. The number of hydrogen-bond donors (Lipinski definition) is 0. The molecule has 0 bridgehead atoms. The second-order valence-corrected chi connectivity index (χ2v) is 8.68. The Morgan fingerprint density at radius 3 is 1.97 bits per heavy atom. The van der Waals surface area contributed by atoms with Crippen molar-refractivity contribution in [1.82, 2.24) is 9.80 Å². The summed E-state index contributed by atoms with van der Waals surface area (Å²) in [5.41, 5.74) is 2.29. The predicted molar refractivity (Wildman–Crippen MR) is 129 cm³/mol. The summed E-state index contributed by atoms with van der Waals surface area (Å²) in [4.78, 5) is 28.8. The van der Waals surface area contributed by atoms with Gasteiger partial charge in [0.25, 0.3) is 0 Å². The Labute approximate surface area is 203 Å². The Kier molecular flexibility index (Phi) is 7.66. The van der Waals surface area contributed by atoms with Crippen molar-refractivity contribution < 1.29 is 22.8 Å². The van der Waals surface area contributed by atoms with Crippen LogP contribution in [0.3, 0.4) is 0 Å². The molecule has 1 heterocycles. The van der Waals surface area contributed by atoms with Crippen LogP contribution in [0.5, 0.6) is 0 Å². The fourth-order valence-corrected chi connectivity index (χ4v) is 4.33. The van der Waals surface area contributed by atoms with Crippen LogP contribution in [0.1, 0.15) is 34.3 Å². The Hall–Kier alpha value is -3.45. The molecule has 1 aliphatic heterocycles. The molecule has 4 nitrogen and oxygen atoms in total. The van der Waals surface area contributed by atoms with Crippen molar-refractivity contribution in [2.45, 2.75) is 25.6 Å². The van der Waals surface area contributed by atoms with Crippen molar-refractivity contribution in [2.75, 3.05) is 26.2 Å². The summed E-state index contributed by atoms with van der Waals surface area (Å²) in [5, 5.41) is 0. The fourth-order valence-electron chi connectivity index (χ4n) is 4.33. The van der Waals surface area contributed by atoms with Gasteiger partial charge >= 0.3 is 6.18 Å². The number of alkyl halides is 3. The van der Waals surface area contributed by atoms with Gasteiger partial charge in [-0.1, -0.05) is 72.8 Å². The molecule has 4 rings (SSSR count). The van der Waals surface area contributed by atoms with Gasteiger partial charge in [-0.2, -0.15) is 13.2 Å². The number of carbonyl (C=O) groups excluding carboxylic acids is 2. The van der Waals surface area contributed by atoms with Crippen molar-refractivity contribution in [2.24, 2.45) is 0 Å². The first kappa shape index (κ1) is 24.7.